The van der Waals surface area contributed by atoms with Gasteiger partial charge >= 0.3 is 0 Å². The highest BCUT2D eigenvalue weighted by atomic mass is 15.1. The van der Waals surface area contributed by atoms with Gasteiger partial charge in [-0.25, -0.2) is 15.0 Å². The van der Waals surface area contributed by atoms with Gasteiger partial charge in [0.15, 0.2) is 0 Å². The van der Waals surface area contributed by atoms with Crippen LogP contribution in [0.25, 0.3) is 11.0 Å². The summed E-state index contributed by atoms with van der Waals surface area (Å²) in [5, 5.41) is 3.16. The average Bonchev–Trinajstić information content (AvgIpc) is 2.82. The topological polar surface area (TPSA) is 121 Å². The van der Waals surface area contributed by atoms with Crippen molar-refractivity contribution in [3.63, 3.8) is 0 Å². The Morgan fingerprint density at radius 1 is 1.04 bits per heavy atom. The van der Waals surface area contributed by atoms with E-state index in [-0.39, 0.29) is 0 Å². The van der Waals surface area contributed by atoms with Crippen LogP contribution in [-0.2, 0) is 7.05 Å². The zero-order valence-corrected chi connectivity index (χ0v) is 16.3. The van der Waals surface area contributed by atoms with Crippen LogP contribution in [0.3, 0.4) is 0 Å². The highest BCUT2D eigenvalue weighted by Gasteiger charge is 2.11. The summed E-state index contributed by atoms with van der Waals surface area (Å²) in [6, 6.07) is 2.23. The molecule has 5 N–H and O–H groups in total. The first-order valence-electron chi connectivity index (χ1n) is 8.62. The van der Waals surface area contributed by atoms with Gasteiger partial charge in [-0.15, -0.1) is 0 Å². The molecule has 3 aromatic rings. The van der Waals surface area contributed by atoms with Crippen molar-refractivity contribution in [1.82, 2.24) is 24.5 Å². The Kier molecular flexibility index (Phi) is 5.97. The standard InChI is InChI=1S/C10H14N4.C8H14N4/c1-6(2)7-5-14(3)8-4-12-10(11)13-9(7)8;1-5(2)10-7-4-6(3)11-8(9)12-7/h4-6H,1-3H3,(H2,11,12,13);4-5H,1-3H3,(H3,9,10,11,12). The lowest BCUT2D eigenvalue weighted by Gasteiger charge is -2.09. The van der Waals surface area contributed by atoms with Gasteiger partial charge in [-0.2, -0.15) is 4.98 Å². The van der Waals surface area contributed by atoms with Crippen molar-refractivity contribution in [2.24, 2.45) is 7.05 Å². The second-order valence-corrected chi connectivity index (χ2v) is 6.86. The molecule has 0 aliphatic heterocycles. The third-order valence-electron chi connectivity index (χ3n) is 3.70. The van der Waals surface area contributed by atoms with Crippen molar-refractivity contribution in [2.75, 3.05) is 16.8 Å². The summed E-state index contributed by atoms with van der Waals surface area (Å²) in [6.07, 6.45) is 3.85. The molecule has 8 heteroatoms. The summed E-state index contributed by atoms with van der Waals surface area (Å²) in [5.74, 6) is 1.90. The molecule has 0 atom stereocenters. The van der Waals surface area contributed by atoms with Gasteiger partial charge in [0.25, 0.3) is 0 Å². The molecule has 3 heterocycles. The molecule has 26 heavy (non-hydrogen) atoms. The number of fused-ring (bicyclic) bond motifs is 1. The lowest BCUT2D eigenvalue weighted by molar-refractivity contribution is 0.856. The molecule has 0 amide bonds. The molecular weight excluding hydrogens is 328 g/mol. The molecule has 0 radical (unpaired) electrons. The first-order valence-corrected chi connectivity index (χ1v) is 8.62. The van der Waals surface area contributed by atoms with Gasteiger partial charge in [0.2, 0.25) is 11.9 Å². The second kappa shape index (κ2) is 7.99. The van der Waals surface area contributed by atoms with Gasteiger partial charge in [0.1, 0.15) is 5.82 Å². The molecule has 0 aliphatic carbocycles. The molecule has 3 rings (SSSR count). The van der Waals surface area contributed by atoms with Crippen LogP contribution in [0.15, 0.2) is 18.5 Å². The highest BCUT2D eigenvalue weighted by molar-refractivity contribution is 5.80. The van der Waals surface area contributed by atoms with Crippen LogP contribution in [0.1, 0.15) is 44.9 Å². The molecule has 0 saturated carbocycles. The van der Waals surface area contributed by atoms with Crippen LogP contribution in [0.2, 0.25) is 0 Å². The first-order chi connectivity index (χ1) is 12.2. The quantitative estimate of drug-likeness (QED) is 0.660. The van der Waals surface area contributed by atoms with E-state index in [1.54, 1.807) is 6.20 Å². The van der Waals surface area contributed by atoms with Crippen molar-refractivity contribution in [1.29, 1.82) is 0 Å². The van der Waals surface area contributed by atoms with E-state index < -0.39 is 0 Å². The third kappa shape index (κ3) is 4.81. The molecule has 0 spiro atoms. The number of rotatable bonds is 3. The van der Waals surface area contributed by atoms with Gasteiger partial charge in [-0.05, 0) is 32.3 Å². The Hall–Kier alpha value is -2.90. The summed E-state index contributed by atoms with van der Waals surface area (Å²) < 4.78 is 2.03. The van der Waals surface area contributed by atoms with E-state index in [9.17, 15) is 0 Å². The van der Waals surface area contributed by atoms with E-state index in [2.05, 4.69) is 45.3 Å². The minimum atomic E-state index is 0.318. The average molecular weight is 356 g/mol. The number of hydrogen-bond acceptors (Lipinski definition) is 7. The summed E-state index contributed by atoms with van der Waals surface area (Å²) >= 11 is 0. The maximum Gasteiger partial charge on any atom is 0.222 e. The van der Waals surface area contributed by atoms with E-state index in [1.165, 1.54) is 5.56 Å². The van der Waals surface area contributed by atoms with E-state index in [1.807, 2.05) is 38.5 Å². The molecule has 0 aromatic carbocycles. The van der Waals surface area contributed by atoms with E-state index in [0.717, 1.165) is 22.5 Å². The van der Waals surface area contributed by atoms with Gasteiger partial charge in [0.05, 0.1) is 17.2 Å². The smallest absolute Gasteiger partial charge is 0.222 e. The number of aryl methyl sites for hydroxylation is 2. The first kappa shape index (κ1) is 19.4. The Balaban J connectivity index is 0.000000190. The predicted octanol–water partition coefficient (Wildman–Crippen LogP) is 2.86. The number of hydrogen-bond donors (Lipinski definition) is 3. The maximum absolute atomic E-state index is 5.57. The van der Waals surface area contributed by atoms with E-state index >= 15 is 0 Å². The highest BCUT2D eigenvalue weighted by Crippen LogP contribution is 2.24. The molecular formula is C18H28N8. The molecule has 140 valence electrons. The number of nitrogens with two attached hydrogens (primary N) is 2. The van der Waals surface area contributed by atoms with Crippen molar-refractivity contribution in [3.8, 4) is 0 Å². The van der Waals surface area contributed by atoms with E-state index in [0.29, 0.717) is 23.9 Å². The van der Waals surface area contributed by atoms with Crippen molar-refractivity contribution in [2.45, 2.75) is 46.6 Å². The number of nitrogen functional groups attached to an aromatic ring is 2. The number of nitrogens with one attached hydrogen (secondary N) is 1. The lowest BCUT2D eigenvalue weighted by atomic mass is 10.1. The van der Waals surface area contributed by atoms with Gasteiger partial charge in [-0.3, -0.25) is 0 Å². The Morgan fingerprint density at radius 3 is 2.31 bits per heavy atom. The maximum atomic E-state index is 5.57. The van der Waals surface area contributed by atoms with Crippen molar-refractivity contribution < 1.29 is 0 Å². The van der Waals surface area contributed by atoms with Crippen LogP contribution in [0, 0.1) is 6.92 Å². The second-order valence-electron chi connectivity index (χ2n) is 6.86. The van der Waals surface area contributed by atoms with Crippen LogP contribution >= 0.6 is 0 Å². The van der Waals surface area contributed by atoms with Crippen LogP contribution in [-0.4, -0.2) is 30.5 Å². The van der Waals surface area contributed by atoms with Gasteiger partial charge < -0.3 is 21.4 Å². The summed E-state index contributed by atoms with van der Waals surface area (Å²) in [6.45, 7) is 10.3. The van der Waals surface area contributed by atoms with Gasteiger partial charge in [0, 0.05) is 31.0 Å². The molecule has 0 aliphatic rings. The fraction of sp³-hybridized carbons (Fsp3) is 0.444. The summed E-state index contributed by atoms with van der Waals surface area (Å²) in [5.41, 5.74) is 15.1. The van der Waals surface area contributed by atoms with Gasteiger partial charge in [-0.1, -0.05) is 13.8 Å². The molecule has 0 saturated heterocycles. The molecule has 3 aromatic heterocycles. The zero-order chi connectivity index (χ0) is 19.4. The SMILES string of the molecule is CC(C)c1cn(C)c2cnc(N)nc12.Cc1cc(NC(C)C)nc(N)n1. The number of aromatic nitrogens is 5. The summed E-state index contributed by atoms with van der Waals surface area (Å²) in [4.78, 5) is 16.2. The lowest BCUT2D eigenvalue weighted by Crippen LogP contribution is -2.12. The fourth-order valence-corrected chi connectivity index (χ4v) is 2.58. The third-order valence-corrected chi connectivity index (χ3v) is 3.70. The monoisotopic (exact) mass is 356 g/mol. The predicted molar refractivity (Wildman–Crippen MR) is 107 cm³/mol. The number of nitrogens with zero attached hydrogens (tertiary/aromatic N) is 5. The molecule has 0 bridgehead atoms. The largest absolute Gasteiger partial charge is 0.368 e. The molecule has 0 unspecified atom stereocenters. The Bertz CT molecular complexity index is 862. The summed E-state index contributed by atoms with van der Waals surface area (Å²) in [7, 11) is 1.99. The van der Waals surface area contributed by atoms with Crippen LogP contribution < -0.4 is 16.8 Å². The normalized spacial score (nSPS) is 10.9. The van der Waals surface area contributed by atoms with Crippen molar-refractivity contribution >= 4 is 28.7 Å². The number of anilines is 3. The minimum absolute atomic E-state index is 0.318. The molecule has 0 fully saturated rings. The van der Waals surface area contributed by atoms with Crippen molar-refractivity contribution in [3.05, 3.63) is 29.7 Å². The Morgan fingerprint density at radius 2 is 1.73 bits per heavy atom. The van der Waals surface area contributed by atoms with Crippen LogP contribution in [0.5, 0.6) is 0 Å². The van der Waals surface area contributed by atoms with E-state index in [4.69, 9.17) is 11.5 Å². The minimum Gasteiger partial charge on any atom is -0.368 e. The zero-order valence-electron chi connectivity index (χ0n) is 16.3. The fourth-order valence-electron chi connectivity index (χ4n) is 2.58. The van der Waals surface area contributed by atoms with Crippen LogP contribution in [0.4, 0.5) is 17.7 Å². The Labute approximate surface area is 154 Å². The molecule has 8 nitrogen and oxygen atoms in total.